The average molecular weight is 486 g/mol. The van der Waals surface area contributed by atoms with Gasteiger partial charge < -0.3 is 19.1 Å². The molecule has 3 heterocycles. The molecule has 0 aliphatic carbocycles. The summed E-state index contributed by atoms with van der Waals surface area (Å²) in [5, 5.41) is 9.82. The largest absolute Gasteiger partial charge is 0.573 e. The maximum absolute atomic E-state index is 12.9. The summed E-state index contributed by atoms with van der Waals surface area (Å²) in [5.41, 5.74) is 3.16. The van der Waals surface area contributed by atoms with Gasteiger partial charge in [0, 0.05) is 44.6 Å². The highest BCUT2D eigenvalue weighted by molar-refractivity contribution is 5.91. The molecule has 2 aromatic heterocycles. The third kappa shape index (κ3) is 4.76. The summed E-state index contributed by atoms with van der Waals surface area (Å²) in [5.74, 6) is -0.128. The molecule has 4 rings (SSSR count). The first kappa shape index (κ1) is 24.4. The Morgan fingerprint density at radius 1 is 1.20 bits per heavy atom. The summed E-state index contributed by atoms with van der Waals surface area (Å²) in [6.45, 7) is 5.15. The van der Waals surface area contributed by atoms with E-state index in [1.807, 2.05) is 26.1 Å². The van der Waals surface area contributed by atoms with Crippen molar-refractivity contribution >= 4 is 22.4 Å². The molecule has 1 saturated heterocycles. The van der Waals surface area contributed by atoms with E-state index in [-0.39, 0.29) is 28.8 Å². The van der Waals surface area contributed by atoms with Crippen LogP contribution in [0.25, 0.3) is 11.0 Å². The van der Waals surface area contributed by atoms with Gasteiger partial charge in [-0.2, -0.15) is 5.26 Å². The maximum Gasteiger partial charge on any atom is 0.573 e. The van der Waals surface area contributed by atoms with Gasteiger partial charge in [0.15, 0.2) is 0 Å². The van der Waals surface area contributed by atoms with Crippen LogP contribution in [-0.2, 0) is 7.05 Å². The van der Waals surface area contributed by atoms with Crippen molar-refractivity contribution in [1.82, 2.24) is 9.55 Å². The van der Waals surface area contributed by atoms with E-state index < -0.39 is 6.36 Å². The van der Waals surface area contributed by atoms with Crippen molar-refractivity contribution in [2.45, 2.75) is 32.7 Å². The molecular weight excluding hydrogens is 459 g/mol. The van der Waals surface area contributed by atoms with Crippen LogP contribution < -0.4 is 20.1 Å². The summed E-state index contributed by atoms with van der Waals surface area (Å²) < 4.78 is 42.8. The van der Waals surface area contributed by atoms with Crippen LogP contribution in [0, 0.1) is 24.2 Å². The number of hydrogen-bond donors (Lipinski definition) is 0. The quantitative estimate of drug-likeness (QED) is 0.547. The zero-order valence-electron chi connectivity index (χ0n) is 19.9. The number of hydrogen-bond acceptors (Lipinski definition) is 6. The zero-order valence-corrected chi connectivity index (χ0v) is 19.9. The lowest BCUT2D eigenvalue weighted by atomic mass is 9.91. The van der Waals surface area contributed by atoms with Crippen molar-refractivity contribution in [3.8, 4) is 11.8 Å². The van der Waals surface area contributed by atoms with Gasteiger partial charge in [-0.3, -0.25) is 4.79 Å². The number of anilines is 2. The van der Waals surface area contributed by atoms with Gasteiger partial charge in [0.1, 0.15) is 22.9 Å². The first-order valence-electron chi connectivity index (χ1n) is 11.2. The van der Waals surface area contributed by atoms with Gasteiger partial charge in [-0.05, 0) is 55.7 Å². The van der Waals surface area contributed by atoms with E-state index in [9.17, 15) is 23.2 Å². The van der Waals surface area contributed by atoms with Crippen LogP contribution in [0.1, 0.15) is 24.6 Å². The van der Waals surface area contributed by atoms with Gasteiger partial charge in [-0.15, -0.1) is 13.2 Å². The summed E-state index contributed by atoms with van der Waals surface area (Å²) in [7, 11) is 3.55. The smallest absolute Gasteiger partial charge is 0.406 e. The molecule has 7 nitrogen and oxygen atoms in total. The molecule has 0 bridgehead atoms. The predicted molar refractivity (Wildman–Crippen MR) is 128 cm³/mol. The van der Waals surface area contributed by atoms with Gasteiger partial charge >= 0.3 is 6.36 Å². The van der Waals surface area contributed by atoms with Crippen LogP contribution in [0.5, 0.6) is 5.75 Å². The predicted octanol–water partition coefficient (Wildman–Crippen LogP) is 4.36. The van der Waals surface area contributed by atoms with Gasteiger partial charge in [0.25, 0.3) is 5.56 Å². The van der Waals surface area contributed by atoms with E-state index in [2.05, 4.69) is 32.5 Å². The number of aromatic nitrogens is 2. The Morgan fingerprint density at radius 2 is 1.89 bits per heavy atom. The Hall–Kier alpha value is -3.74. The van der Waals surface area contributed by atoms with Crippen molar-refractivity contribution < 1.29 is 17.9 Å². The lowest BCUT2D eigenvalue weighted by molar-refractivity contribution is -0.274. The Kier molecular flexibility index (Phi) is 6.36. The van der Waals surface area contributed by atoms with Crippen molar-refractivity contribution in [1.29, 1.82) is 5.26 Å². The monoisotopic (exact) mass is 485 g/mol. The number of pyridine rings is 2. The molecule has 0 radical (unpaired) electrons. The van der Waals surface area contributed by atoms with Crippen LogP contribution in [0.4, 0.5) is 24.5 Å². The number of nitriles is 1. The van der Waals surface area contributed by atoms with Gasteiger partial charge in [-0.1, -0.05) is 6.92 Å². The molecule has 1 fully saturated rings. The molecule has 0 saturated carbocycles. The minimum absolute atomic E-state index is 0.0809. The minimum atomic E-state index is -4.73. The molecule has 0 unspecified atom stereocenters. The molecule has 0 N–H and O–H groups in total. The number of nitrogens with zero attached hydrogens (tertiary/aromatic N) is 5. The van der Waals surface area contributed by atoms with E-state index in [0.29, 0.717) is 29.8 Å². The lowest BCUT2D eigenvalue weighted by Gasteiger charge is -2.43. The van der Waals surface area contributed by atoms with E-state index in [4.69, 9.17) is 0 Å². The summed E-state index contributed by atoms with van der Waals surface area (Å²) >= 11 is 0. The third-order valence-electron chi connectivity index (χ3n) is 6.62. The van der Waals surface area contributed by atoms with Gasteiger partial charge in [0.2, 0.25) is 0 Å². The summed E-state index contributed by atoms with van der Waals surface area (Å²) in [6, 6.07) is 11.7. The highest BCUT2D eigenvalue weighted by atomic mass is 19.4. The molecule has 2 atom stereocenters. The number of aryl methyl sites for hydroxylation is 2. The first-order valence-corrected chi connectivity index (χ1v) is 11.2. The van der Waals surface area contributed by atoms with Crippen LogP contribution in [0.3, 0.4) is 0 Å². The van der Waals surface area contributed by atoms with Crippen LogP contribution in [0.2, 0.25) is 0 Å². The molecule has 1 aliphatic heterocycles. The molecule has 3 aromatic rings. The molecule has 10 heteroatoms. The molecule has 184 valence electrons. The van der Waals surface area contributed by atoms with E-state index in [0.717, 1.165) is 17.8 Å². The topological polar surface area (TPSA) is 74.4 Å². The third-order valence-corrected chi connectivity index (χ3v) is 6.62. The Morgan fingerprint density at radius 3 is 2.49 bits per heavy atom. The van der Waals surface area contributed by atoms with Crippen LogP contribution >= 0.6 is 0 Å². The number of benzene rings is 1. The second-order valence-corrected chi connectivity index (χ2v) is 8.95. The van der Waals surface area contributed by atoms with E-state index >= 15 is 0 Å². The molecular formula is C25H26F3N5O2. The normalized spacial score (nSPS) is 18.4. The van der Waals surface area contributed by atoms with E-state index in [1.165, 1.54) is 16.7 Å². The molecule has 0 spiro atoms. The SMILES string of the molecule is Cc1ccc2c(n1)c(N1CC[C@H](N(C)c3ccc(OC(F)(F)F)cc3)[C@H](C)C1)c(C#N)c(=O)n2C. The molecule has 35 heavy (non-hydrogen) atoms. The molecule has 0 amide bonds. The standard InChI is InChI=1S/C25H26F3N5O2/c1-15-14-33(23-19(13-29)24(34)32(4)21-10-5-16(2)30-22(21)23)12-11-20(15)31(3)17-6-8-18(9-7-17)35-25(26,27)28/h5-10,15,20H,11-12,14H2,1-4H3/t15-,20+/m1/s1. The minimum Gasteiger partial charge on any atom is -0.406 e. The number of piperidine rings is 1. The number of alkyl halides is 3. The molecule has 1 aliphatic rings. The summed E-state index contributed by atoms with van der Waals surface area (Å²) in [4.78, 5) is 21.7. The fourth-order valence-electron chi connectivity index (χ4n) is 4.89. The van der Waals surface area contributed by atoms with Gasteiger partial charge in [0.05, 0.1) is 11.2 Å². The van der Waals surface area contributed by atoms with Crippen molar-refractivity contribution in [3.63, 3.8) is 0 Å². The van der Waals surface area contributed by atoms with Crippen molar-refractivity contribution in [3.05, 3.63) is 58.0 Å². The maximum atomic E-state index is 12.9. The fourth-order valence-corrected chi connectivity index (χ4v) is 4.89. The number of fused-ring (bicyclic) bond motifs is 1. The average Bonchev–Trinajstić information content (AvgIpc) is 2.80. The summed E-state index contributed by atoms with van der Waals surface area (Å²) in [6.07, 6.45) is -4.00. The fraction of sp³-hybridized carbons (Fsp3) is 0.400. The number of rotatable bonds is 4. The Balaban J connectivity index is 1.60. The second kappa shape index (κ2) is 9.13. The zero-order chi connectivity index (χ0) is 25.5. The van der Waals surface area contributed by atoms with Crippen LogP contribution in [0.15, 0.2) is 41.2 Å². The highest BCUT2D eigenvalue weighted by Gasteiger charge is 2.33. The number of halogens is 3. The molecule has 1 aromatic carbocycles. The number of ether oxygens (including phenoxy) is 1. The lowest BCUT2D eigenvalue weighted by Crippen LogP contribution is -2.49. The Bertz CT molecular complexity index is 1340. The van der Waals surface area contributed by atoms with Crippen LogP contribution in [-0.4, -0.2) is 42.1 Å². The second-order valence-electron chi connectivity index (χ2n) is 8.95. The Labute approximate surface area is 201 Å². The highest BCUT2D eigenvalue weighted by Crippen LogP contribution is 2.34. The van der Waals surface area contributed by atoms with Crippen molar-refractivity contribution in [2.75, 3.05) is 29.9 Å². The van der Waals surface area contributed by atoms with Crippen molar-refractivity contribution in [2.24, 2.45) is 13.0 Å². The first-order chi connectivity index (χ1) is 16.5. The van der Waals surface area contributed by atoms with E-state index in [1.54, 1.807) is 19.2 Å². The van der Waals surface area contributed by atoms with Gasteiger partial charge in [-0.25, -0.2) is 4.98 Å².